The zero-order valence-electron chi connectivity index (χ0n) is 26.0. The molecule has 0 radical (unpaired) electrons. The van der Waals surface area contributed by atoms with Crippen LogP contribution in [-0.2, 0) is 29.0 Å². The molecule has 236 valence electrons. The Morgan fingerprint density at radius 1 is 1.19 bits per heavy atom. The minimum absolute atomic E-state index is 0.220. The van der Waals surface area contributed by atoms with Gasteiger partial charge in [0.2, 0.25) is 0 Å². The van der Waals surface area contributed by atoms with Gasteiger partial charge >= 0.3 is 0 Å². The smallest absolute Gasteiger partial charge is 0.293 e. The fraction of sp³-hybridized carbons (Fsp3) is 0.515. The number of carbonyl (C=O) groups is 1. The summed E-state index contributed by atoms with van der Waals surface area (Å²) in [4.78, 5) is 16.7. The van der Waals surface area contributed by atoms with E-state index in [0.717, 1.165) is 72.0 Å². The third kappa shape index (κ3) is 10.1. The van der Waals surface area contributed by atoms with Crippen LogP contribution in [-0.4, -0.2) is 44.2 Å². The Kier molecular flexibility index (Phi) is 15.6. The number of hydrogen-bond donors (Lipinski definition) is 1. The summed E-state index contributed by atoms with van der Waals surface area (Å²) in [6.07, 6.45) is 4.96. The van der Waals surface area contributed by atoms with E-state index in [4.69, 9.17) is 9.72 Å². The number of thiazole rings is 1. The highest BCUT2D eigenvalue weighted by atomic mass is 127. The first kappa shape index (κ1) is 35.6. The van der Waals surface area contributed by atoms with E-state index >= 15 is 0 Å². The van der Waals surface area contributed by atoms with Crippen LogP contribution in [0, 0.1) is 25.7 Å². The third-order valence-electron chi connectivity index (χ3n) is 8.08. The number of halogens is 2. The van der Waals surface area contributed by atoms with Gasteiger partial charge in [-0.1, -0.05) is 38.1 Å². The highest BCUT2D eigenvalue weighted by Crippen LogP contribution is 2.46. The van der Waals surface area contributed by atoms with Crippen molar-refractivity contribution in [2.24, 2.45) is 11.8 Å². The summed E-state index contributed by atoms with van der Waals surface area (Å²) in [6, 6.07) is 11.0. The molecule has 1 N–H and O–H groups in total. The number of ether oxygens (including phenoxy) is 2. The van der Waals surface area contributed by atoms with Crippen LogP contribution < -0.4 is 15.0 Å². The molecule has 3 aromatic rings. The van der Waals surface area contributed by atoms with Crippen molar-refractivity contribution in [2.45, 2.75) is 66.9 Å². The van der Waals surface area contributed by atoms with Gasteiger partial charge in [0.05, 0.1) is 12.3 Å². The summed E-state index contributed by atoms with van der Waals surface area (Å²) in [5.74, 6) is 2.86. The first-order valence-electron chi connectivity index (χ1n) is 15.2. The first-order chi connectivity index (χ1) is 21.0. The quantitative estimate of drug-likeness (QED) is 0.192. The van der Waals surface area contributed by atoms with E-state index in [1.807, 2.05) is 13.8 Å². The van der Waals surface area contributed by atoms with Gasteiger partial charge in [0, 0.05) is 45.2 Å². The van der Waals surface area contributed by atoms with Crippen LogP contribution in [0.2, 0.25) is 0 Å². The Labute approximate surface area is 277 Å². The average molecular weight is 742 g/mol. The van der Waals surface area contributed by atoms with Crippen molar-refractivity contribution < 1.29 is 18.2 Å². The predicted molar refractivity (Wildman–Crippen MR) is 188 cm³/mol. The van der Waals surface area contributed by atoms with E-state index in [1.165, 1.54) is 62.8 Å². The molecule has 10 heteroatoms. The highest BCUT2D eigenvalue weighted by Gasteiger charge is 2.42. The number of rotatable bonds is 7. The number of aryl methyl sites for hydroxylation is 1. The van der Waals surface area contributed by atoms with Crippen LogP contribution in [0.25, 0.3) is 11.3 Å². The van der Waals surface area contributed by atoms with Gasteiger partial charge in [-0.15, -0.1) is 11.3 Å². The molecular weight excluding hydrogens is 696 g/mol. The van der Waals surface area contributed by atoms with Gasteiger partial charge in [-0.25, -0.2) is 4.98 Å². The number of carbonyl (C=O) groups excluding carboxylic acids is 1. The van der Waals surface area contributed by atoms with Crippen molar-refractivity contribution >= 4 is 53.5 Å². The van der Waals surface area contributed by atoms with Gasteiger partial charge in [-0.2, -0.15) is 3.89 Å². The molecule has 43 heavy (non-hydrogen) atoms. The van der Waals surface area contributed by atoms with Crippen molar-refractivity contribution in [3.63, 3.8) is 0 Å². The van der Waals surface area contributed by atoms with Crippen molar-refractivity contribution in [2.75, 3.05) is 37.7 Å². The number of hydrogen-bond acceptors (Lipinski definition) is 8. The number of aromatic nitrogens is 1. The van der Waals surface area contributed by atoms with Crippen LogP contribution in [0.5, 0.6) is 5.75 Å². The molecule has 1 saturated carbocycles. The molecule has 6 rings (SSSR count). The summed E-state index contributed by atoms with van der Waals surface area (Å²) in [7, 11) is 0.220. The van der Waals surface area contributed by atoms with E-state index in [9.17, 15) is 8.68 Å². The largest absolute Gasteiger partial charge is 0.488 e. The second kappa shape index (κ2) is 18.8. The zero-order valence-corrected chi connectivity index (χ0v) is 29.7. The molecule has 2 aromatic carbocycles. The third-order valence-corrected chi connectivity index (χ3v) is 8.98. The molecule has 2 aliphatic heterocycles. The Hall–Kier alpha value is -1.89. The first-order valence-corrected chi connectivity index (χ1v) is 19.3. The van der Waals surface area contributed by atoms with Crippen LogP contribution in [0.1, 0.15) is 61.4 Å². The lowest BCUT2D eigenvalue weighted by Crippen LogP contribution is -2.31. The van der Waals surface area contributed by atoms with Gasteiger partial charge in [0.25, 0.3) is 6.47 Å². The topological polar surface area (TPSA) is 63.7 Å². The second-order valence-electron chi connectivity index (χ2n) is 10.6. The fourth-order valence-electron chi connectivity index (χ4n) is 5.72. The Morgan fingerprint density at radius 3 is 2.65 bits per heavy atom. The number of nitrogens with zero attached hydrogens (tertiary/aromatic N) is 2. The van der Waals surface area contributed by atoms with Crippen LogP contribution in [0.3, 0.4) is 0 Å². The summed E-state index contributed by atoms with van der Waals surface area (Å²) in [5, 5.41) is 6.89. The number of para-hydroxylation sites is 1. The Balaban J connectivity index is 0.000000448. The van der Waals surface area contributed by atoms with E-state index in [2.05, 4.69) is 64.5 Å². The molecule has 0 amide bonds. The summed E-state index contributed by atoms with van der Waals surface area (Å²) < 4.78 is 20.9. The van der Waals surface area contributed by atoms with E-state index in [1.54, 1.807) is 18.3 Å². The Bertz CT molecular complexity index is 1290. The van der Waals surface area contributed by atoms with Crippen LogP contribution in [0.4, 0.5) is 9.02 Å². The molecule has 1 aliphatic carbocycles. The molecule has 0 spiro atoms. The van der Waals surface area contributed by atoms with Crippen molar-refractivity contribution in [1.29, 1.82) is 0 Å². The standard InChI is InChI=1S/C28H33N3OS.C3H6O2.C2H6.FIS/c1-18-4-3-5-25(26-17-33-28(30-26)31-13-10-21-14-23(21)15-31)27(18)32-16-22-7-6-20-8-11-29-12-9-24(20)19(22)2;1-2-5-3-4;1-2;1-3-2/h3-7,17,21,23,29H,8-16H2,1-2H3;3H,2H2,1H3;1-2H3;. The second-order valence-corrected chi connectivity index (χ2v) is 12.5. The summed E-state index contributed by atoms with van der Waals surface area (Å²) >= 11 is 3.31. The molecule has 3 heterocycles. The average Bonchev–Trinajstić information content (AvgIpc) is 3.71. The Morgan fingerprint density at radius 2 is 1.95 bits per heavy atom. The molecular formula is C33H45FIN3O3S2. The van der Waals surface area contributed by atoms with Crippen molar-refractivity contribution in [3.05, 3.63) is 63.5 Å². The number of fused-ring (bicyclic) bond motifs is 2. The minimum atomic E-state index is 0.220. The maximum Gasteiger partial charge on any atom is 0.293 e. The molecule has 2 fully saturated rings. The molecule has 1 saturated heterocycles. The maximum absolute atomic E-state index is 10.2. The molecule has 2 atom stereocenters. The van der Waals surface area contributed by atoms with Crippen molar-refractivity contribution in [3.8, 4) is 17.0 Å². The van der Waals surface area contributed by atoms with Gasteiger partial charge < -0.3 is 19.7 Å². The van der Waals surface area contributed by atoms with E-state index < -0.39 is 0 Å². The van der Waals surface area contributed by atoms with E-state index in [-0.39, 0.29) is 9.32 Å². The van der Waals surface area contributed by atoms with Crippen LogP contribution >= 0.6 is 41.9 Å². The molecule has 3 aliphatic rings. The van der Waals surface area contributed by atoms with E-state index in [0.29, 0.717) is 19.7 Å². The number of nitrogens with one attached hydrogen (secondary N) is 1. The number of piperidine rings is 1. The molecule has 2 unspecified atom stereocenters. The number of benzene rings is 2. The molecule has 1 aromatic heterocycles. The summed E-state index contributed by atoms with van der Waals surface area (Å²) in [5.41, 5.74) is 8.99. The molecule has 0 bridgehead atoms. The lowest BCUT2D eigenvalue weighted by atomic mass is 9.94. The van der Waals surface area contributed by atoms with Gasteiger partial charge in [0.1, 0.15) is 21.7 Å². The lowest BCUT2D eigenvalue weighted by Gasteiger charge is -2.25. The van der Waals surface area contributed by atoms with Crippen LogP contribution in [0.15, 0.2) is 35.7 Å². The van der Waals surface area contributed by atoms with Gasteiger partial charge in [-0.05, 0) is 105 Å². The van der Waals surface area contributed by atoms with Gasteiger partial charge in [0.15, 0.2) is 5.13 Å². The fourth-order valence-corrected chi connectivity index (χ4v) is 6.58. The maximum atomic E-state index is 10.2. The lowest BCUT2D eigenvalue weighted by molar-refractivity contribution is -0.128. The monoisotopic (exact) mass is 741 g/mol. The predicted octanol–water partition coefficient (Wildman–Crippen LogP) is 8.70. The SMILES string of the molecule is CC.CCOC=O.Cc1cccc(-c2csc(N3CCC4CC4C3)n2)c1OCc1ccc2c(c1C)CCNCC2.FSI. The van der Waals surface area contributed by atoms with Crippen molar-refractivity contribution in [1.82, 2.24) is 10.3 Å². The summed E-state index contributed by atoms with van der Waals surface area (Å²) in [6.45, 7) is 16.1. The minimum Gasteiger partial charge on any atom is -0.488 e. The normalized spacial score (nSPS) is 18.1. The molecule has 6 nitrogen and oxygen atoms in total. The number of anilines is 1. The zero-order chi connectivity index (χ0) is 31.2. The highest BCUT2D eigenvalue weighted by molar-refractivity contribution is 14.2. The van der Waals surface area contributed by atoms with Gasteiger partial charge in [-0.3, -0.25) is 4.79 Å².